The molecular weight excluding hydrogens is 289 g/mol. The van der Waals surface area contributed by atoms with E-state index in [1.165, 1.54) is 16.6 Å². The largest absolute Gasteiger partial charge is 0.393 e. The van der Waals surface area contributed by atoms with E-state index < -0.39 is 20.9 Å². The molecule has 0 radical (unpaired) electrons. The fourth-order valence-electron chi connectivity index (χ4n) is 2.06. The maximum absolute atomic E-state index is 13.5. The molecule has 1 aromatic heterocycles. The second kappa shape index (κ2) is 5.48. The van der Waals surface area contributed by atoms with Gasteiger partial charge in [-0.05, 0) is 25.0 Å². The van der Waals surface area contributed by atoms with Crippen molar-refractivity contribution in [2.75, 3.05) is 13.1 Å². The van der Waals surface area contributed by atoms with E-state index in [-0.39, 0.29) is 19.0 Å². The van der Waals surface area contributed by atoms with Gasteiger partial charge in [-0.2, -0.15) is 4.31 Å². The highest BCUT2D eigenvalue weighted by molar-refractivity contribution is 7.89. The Balaban J connectivity index is 2.19. The molecule has 19 heavy (non-hydrogen) atoms. The van der Waals surface area contributed by atoms with E-state index in [0.29, 0.717) is 17.8 Å². The van der Waals surface area contributed by atoms with E-state index in [1.807, 2.05) is 0 Å². The van der Waals surface area contributed by atoms with Gasteiger partial charge in [0.1, 0.15) is 0 Å². The lowest BCUT2D eigenvalue weighted by atomic mass is 9.98. The molecule has 0 aromatic carbocycles. The second-order valence-corrected chi connectivity index (χ2v) is 6.70. The lowest BCUT2D eigenvalue weighted by molar-refractivity contribution is 0.314. The topological polar surface area (TPSA) is 76.3 Å². The first-order valence-corrected chi connectivity index (χ1v) is 7.67. The van der Waals surface area contributed by atoms with Crippen LogP contribution in [0, 0.1) is 11.7 Å². The maximum atomic E-state index is 13.5. The summed E-state index contributed by atoms with van der Waals surface area (Å²) in [4.78, 5) is 4.03. The van der Waals surface area contributed by atoms with Crippen molar-refractivity contribution in [2.45, 2.75) is 17.9 Å². The van der Waals surface area contributed by atoms with Crippen LogP contribution in [-0.2, 0) is 10.0 Å². The van der Waals surface area contributed by atoms with Crippen LogP contribution >= 0.6 is 12.2 Å². The average Bonchev–Trinajstić information content (AvgIpc) is 2.39. The fourth-order valence-corrected chi connectivity index (χ4v) is 3.74. The fraction of sp³-hybridized carbons (Fsp3) is 0.455. The zero-order valence-electron chi connectivity index (χ0n) is 10.1. The minimum absolute atomic E-state index is 0.0510. The quantitative estimate of drug-likeness (QED) is 0.840. The predicted molar refractivity (Wildman–Crippen MR) is 72.5 cm³/mol. The third-order valence-corrected chi connectivity index (χ3v) is 5.33. The van der Waals surface area contributed by atoms with Gasteiger partial charge in [0.25, 0.3) is 10.0 Å². The van der Waals surface area contributed by atoms with Gasteiger partial charge >= 0.3 is 0 Å². The van der Waals surface area contributed by atoms with Crippen molar-refractivity contribution in [3.8, 4) is 0 Å². The maximum Gasteiger partial charge on any atom is 0.263 e. The van der Waals surface area contributed by atoms with Gasteiger partial charge in [-0.1, -0.05) is 12.2 Å². The number of hydrogen-bond acceptors (Lipinski definition) is 4. The van der Waals surface area contributed by atoms with Crippen LogP contribution in [0.5, 0.6) is 0 Å². The van der Waals surface area contributed by atoms with Crippen molar-refractivity contribution in [3.63, 3.8) is 0 Å². The Morgan fingerprint density at radius 3 is 2.63 bits per heavy atom. The van der Waals surface area contributed by atoms with Crippen molar-refractivity contribution in [2.24, 2.45) is 11.7 Å². The number of halogens is 1. The molecule has 2 heterocycles. The van der Waals surface area contributed by atoms with E-state index in [9.17, 15) is 12.8 Å². The van der Waals surface area contributed by atoms with E-state index in [4.69, 9.17) is 18.0 Å². The Morgan fingerprint density at radius 1 is 1.47 bits per heavy atom. The monoisotopic (exact) mass is 303 g/mol. The first-order valence-electron chi connectivity index (χ1n) is 5.83. The number of rotatable bonds is 3. The molecule has 8 heteroatoms. The van der Waals surface area contributed by atoms with Gasteiger partial charge in [0.2, 0.25) is 5.03 Å². The van der Waals surface area contributed by atoms with Gasteiger partial charge in [-0.25, -0.2) is 17.8 Å². The molecule has 2 rings (SSSR count). The van der Waals surface area contributed by atoms with Crippen molar-refractivity contribution in [3.05, 3.63) is 24.1 Å². The second-order valence-electron chi connectivity index (χ2n) is 4.37. The van der Waals surface area contributed by atoms with Gasteiger partial charge in [-0.3, -0.25) is 0 Å². The van der Waals surface area contributed by atoms with Gasteiger partial charge < -0.3 is 5.73 Å². The molecule has 1 fully saturated rings. The number of pyridine rings is 1. The Hall–Kier alpha value is -1.12. The first-order chi connectivity index (χ1) is 8.93. The molecular formula is C11H14FN3O2S2. The first kappa shape index (κ1) is 14.3. The molecule has 0 bridgehead atoms. The molecule has 1 saturated heterocycles. The van der Waals surface area contributed by atoms with Crippen molar-refractivity contribution in [1.29, 1.82) is 0 Å². The Kier molecular flexibility index (Phi) is 4.12. The van der Waals surface area contributed by atoms with E-state index in [0.717, 1.165) is 6.07 Å². The normalized spacial score (nSPS) is 18.4. The van der Waals surface area contributed by atoms with Crippen LogP contribution in [-0.4, -0.2) is 35.8 Å². The van der Waals surface area contributed by atoms with Crippen molar-refractivity contribution < 1.29 is 12.8 Å². The standard InChI is InChI=1S/C11H14FN3O2S2/c12-9-2-1-5-14-11(9)19(16,17)15-6-3-8(4-7-15)10(13)18/h1-2,5,8H,3-4,6-7H2,(H2,13,18). The van der Waals surface area contributed by atoms with E-state index in [2.05, 4.69) is 4.98 Å². The Morgan fingerprint density at radius 2 is 2.11 bits per heavy atom. The van der Waals surface area contributed by atoms with Crippen molar-refractivity contribution in [1.82, 2.24) is 9.29 Å². The number of hydrogen-bond donors (Lipinski definition) is 1. The van der Waals surface area contributed by atoms with Crippen LogP contribution in [0.3, 0.4) is 0 Å². The molecule has 5 nitrogen and oxygen atoms in total. The highest BCUT2D eigenvalue weighted by Gasteiger charge is 2.32. The van der Waals surface area contributed by atoms with Crippen LogP contribution in [0.25, 0.3) is 0 Å². The molecule has 2 N–H and O–H groups in total. The third-order valence-electron chi connectivity index (χ3n) is 3.17. The summed E-state index contributed by atoms with van der Waals surface area (Å²) in [7, 11) is -3.88. The van der Waals surface area contributed by atoms with Crippen LogP contribution in [0.1, 0.15) is 12.8 Å². The highest BCUT2D eigenvalue weighted by atomic mass is 32.2. The Bertz CT molecular complexity index is 583. The van der Waals surface area contributed by atoms with E-state index >= 15 is 0 Å². The lowest BCUT2D eigenvalue weighted by Gasteiger charge is -2.30. The van der Waals surface area contributed by atoms with Crippen LogP contribution < -0.4 is 5.73 Å². The number of thiocarbonyl (C=S) groups is 1. The molecule has 1 aromatic rings. The molecule has 0 aliphatic carbocycles. The SMILES string of the molecule is NC(=S)C1CCN(S(=O)(=O)c2ncccc2F)CC1. The summed E-state index contributed by atoms with van der Waals surface area (Å²) in [5.74, 6) is -0.783. The summed E-state index contributed by atoms with van der Waals surface area (Å²) in [5, 5.41) is -0.524. The molecule has 1 aliphatic rings. The van der Waals surface area contributed by atoms with Crippen LogP contribution in [0.2, 0.25) is 0 Å². The minimum Gasteiger partial charge on any atom is -0.393 e. The van der Waals surface area contributed by atoms with Gasteiger partial charge in [0.15, 0.2) is 5.82 Å². The minimum atomic E-state index is -3.88. The molecule has 104 valence electrons. The number of nitrogens with zero attached hydrogens (tertiary/aromatic N) is 2. The summed E-state index contributed by atoms with van der Waals surface area (Å²) in [6.45, 7) is 0.556. The molecule has 1 aliphatic heterocycles. The average molecular weight is 303 g/mol. The van der Waals surface area contributed by atoms with Crippen LogP contribution in [0.4, 0.5) is 4.39 Å². The zero-order chi connectivity index (χ0) is 14.0. The number of aromatic nitrogens is 1. The number of piperidine rings is 1. The summed E-state index contributed by atoms with van der Waals surface area (Å²) in [5.41, 5.74) is 5.55. The summed E-state index contributed by atoms with van der Waals surface area (Å²) in [6, 6.07) is 2.44. The molecule has 0 spiro atoms. The van der Waals surface area contributed by atoms with Crippen LogP contribution in [0.15, 0.2) is 23.4 Å². The lowest BCUT2D eigenvalue weighted by Crippen LogP contribution is -2.41. The summed E-state index contributed by atoms with van der Waals surface area (Å²) < 4.78 is 39.3. The van der Waals surface area contributed by atoms with Gasteiger partial charge in [0.05, 0.1) is 4.99 Å². The zero-order valence-corrected chi connectivity index (χ0v) is 11.8. The Labute approximate surface area is 116 Å². The molecule has 0 unspecified atom stereocenters. The highest BCUT2D eigenvalue weighted by Crippen LogP contribution is 2.24. The van der Waals surface area contributed by atoms with Gasteiger partial charge in [-0.15, -0.1) is 0 Å². The van der Waals surface area contributed by atoms with Crippen molar-refractivity contribution >= 4 is 27.2 Å². The van der Waals surface area contributed by atoms with Gasteiger partial charge in [0, 0.05) is 25.2 Å². The summed E-state index contributed by atoms with van der Waals surface area (Å²) >= 11 is 4.90. The number of nitrogens with two attached hydrogens (primary N) is 1. The predicted octanol–water partition coefficient (Wildman–Crippen LogP) is 0.908. The molecule has 0 atom stereocenters. The molecule has 0 amide bonds. The summed E-state index contributed by atoms with van der Waals surface area (Å²) in [6.07, 6.45) is 2.38. The molecule has 0 saturated carbocycles. The number of sulfonamides is 1. The third kappa shape index (κ3) is 2.90. The smallest absolute Gasteiger partial charge is 0.263 e. The van der Waals surface area contributed by atoms with E-state index in [1.54, 1.807) is 0 Å².